The zero-order valence-corrected chi connectivity index (χ0v) is 23.6. The molecule has 39 heavy (non-hydrogen) atoms. The quantitative estimate of drug-likeness (QED) is 0.279. The summed E-state index contributed by atoms with van der Waals surface area (Å²) in [6, 6.07) is 4.20. The lowest BCUT2D eigenvalue weighted by atomic mass is 10.0. The van der Waals surface area contributed by atoms with E-state index in [1.807, 2.05) is 41.4 Å². The van der Waals surface area contributed by atoms with Gasteiger partial charge in [0.05, 0.1) is 54.5 Å². The van der Waals surface area contributed by atoms with Gasteiger partial charge in [0.15, 0.2) is 0 Å². The molecular formula is C28H38F3N3O5. The SMILES string of the molecule is C=O.CC.CNCC(Cc1c(-c2c(F)cc(C(=O)OC)cc2F)nc2cc(F)ccn12)OCCOC(C)(C)C. The van der Waals surface area contributed by atoms with Crippen molar-refractivity contribution in [2.24, 2.45) is 0 Å². The molecule has 1 aromatic carbocycles. The molecule has 1 unspecified atom stereocenters. The van der Waals surface area contributed by atoms with Gasteiger partial charge in [-0.2, -0.15) is 0 Å². The molecule has 0 saturated carbocycles. The van der Waals surface area contributed by atoms with Crippen molar-refractivity contribution >= 4 is 18.4 Å². The third kappa shape index (κ3) is 9.45. The number of carbonyl (C=O) groups is 2. The molecule has 1 atom stereocenters. The van der Waals surface area contributed by atoms with Crippen LogP contribution in [0.15, 0.2) is 30.5 Å². The van der Waals surface area contributed by atoms with Gasteiger partial charge in [-0.25, -0.2) is 22.9 Å². The molecule has 0 amide bonds. The molecule has 0 fully saturated rings. The van der Waals surface area contributed by atoms with Crippen molar-refractivity contribution in [3.05, 3.63) is 59.2 Å². The van der Waals surface area contributed by atoms with Gasteiger partial charge in [-0.15, -0.1) is 0 Å². The molecule has 3 aromatic rings. The maximum absolute atomic E-state index is 15.1. The van der Waals surface area contributed by atoms with Crippen molar-refractivity contribution in [3.8, 4) is 11.3 Å². The van der Waals surface area contributed by atoms with Crippen molar-refractivity contribution in [1.82, 2.24) is 14.7 Å². The second-order valence-electron chi connectivity index (χ2n) is 9.00. The molecule has 11 heteroatoms. The van der Waals surface area contributed by atoms with Gasteiger partial charge in [0.2, 0.25) is 0 Å². The van der Waals surface area contributed by atoms with E-state index in [0.29, 0.717) is 25.5 Å². The predicted octanol–water partition coefficient (Wildman–Crippen LogP) is 5.01. The van der Waals surface area contributed by atoms with Gasteiger partial charge in [0, 0.05) is 25.2 Å². The Morgan fingerprint density at radius 2 is 1.72 bits per heavy atom. The molecule has 0 saturated heterocycles. The summed E-state index contributed by atoms with van der Waals surface area (Å²) < 4.78 is 61.9. The number of rotatable bonds is 10. The zero-order chi connectivity index (χ0) is 29.8. The fourth-order valence-corrected chi connectivity index (χ4v) is 3.70. The van der Waals surface area contributed by atoms with Crippen molar-refractivity contribution < 1.29 is 37.0 Å². The lowest BCUT2D eigenvalue weighted by molar-refractivity contribution is -0.0980. The second kappa shape index (κ2) is 16.0. The van der Waals surface area contributed by atoms with Gasteiger partial charge in [0.1, 0.15) is 29.9 Å². The van der Waals surface area contributed by atoms with E-state index in [4.69, 9.17) is 14.3 Å². The normalized spacial score (nSPS) is 11.7. The lowest BCUT2D eigenvalue weighted by Crippen LogP contribution is -2.31. The van der Waals surface area contributed by atoms with Crippen LogP contribution in [0.5, 0.6) is 0 Å². The van der Waals surface area contributed by atoms with Crippen LogP contribution in [0.25, 0.3) is 16.9 Å². The monoisotopic (exact) mass is 553 g/mol. The highest BCUT2D eigenvalue weighted by Crippen LogP contribution is 2.32. The van der Waals surface area contributed by atoms with Gasteiger partial charge in [-0.3, -0.25) is 0 Å². The highest BCUT2D eigenvalue weighted by Gasteiger charge is 2.25. The number of nitrogens with one attached hydrogen (secondary N) is 1. The average Bonchev–Trinajstić information content (AvgIpc) is 3.24. The molecule has 0 aliphatic rings. The van der Waals surface area contributed by atoms with Gasteiger partial charge < -0.3 is 28.7 Å². The Labute approximate surface area is 227 Å². The van der Waals surface area contributed by atoms with Crippen molar-refractivity contribution in [3.63, 3.8) is 0 Å². The maximum Gasteiger partial charge on any atom is 0.338 e. The predicted molar refractivity (Wildman–Crippen MR) is 143 cm³/mol. The fourth-order valence-electron chi connectivity index (χ4n) is 3.70. The first kappa shape index (κ1) is 33.7. The van der Waals surface area contributed by atoms with E-state index in [2.05, 4.69) is 15.0 Å². The Morgan fingerprint density at radius 1 is 1.10 bits per heavy atom. The topological polar surface area (TPSA) is 91.2 Å². The first-order chi connectivity index (χ1) is 18.5. The number of carbonyl (C=O) groups excluding carboxylic acids is 2. The van der Waals surface area contributed by atoms with Crippen LogP contribution in [0.3, 0.4) is 0 Å². The molecule has 0 spiro atoms. The molecule has 0 aliphatic carbocycles. The van der Waals surface area contributed by atoms with Crippen LogP contribution in [0.2, 0.25) is 0 Å². The van der Waals surface area contributed by atoms with E-state index in [0.717, 1.165) is 19.2 Å². The maximum atomic E-state index is 15.1. The van der Waals surface area contributed by atoms with Crippen LogP contribution in [0.1, 0.15) is 50.7 Å². The van der Waals surface area contributed by atoms with E-state index < -0.39 is 35.1 Å². The molecule has 8 nitrogen and oxygen atoms in total. The molecule has 3 rings (SSSR count). The molecule has 0 radical (unpaired) electrons. The van der Waals surface area contributed by atoms with Gasteiger partial charge in [-0.1, -0.05) is 13.8 Å². The average molecular weight is 554 g/mol. The Hall–Kier alpha value is -3.28. The number of aromatic nitrogens is 2. The molecule has 0 bridgehead atoms. The van der Waals surface area contributed by atoms with Crippen LogP contribution < -0.4 is 5.32 Å². The van der Waals surface area contributed by atoms with Crippen LogP contribution in [-0.4, -0.2) is 67.8 Å². The van der Waals surface area contributed by atoms with E-state index in [9.17, 15) is 9.18 Å². The standard InChI is InChI=1S/C25H30F3N3O4.C2H6.CH2O/c1-25(2,3)35-9-8-34-17(14-29-4)13-20-23(30-21-12-16(26)6-7-31(20)21)22-18(27)10-15(11-19(22)28)24(32)33-5;2*1-2/h6-7,10-12,17,29H,8-9,13-14H2,1-5H3;1-2H3;1H2. The number of hydrogen-bond donors (Lipinski definition) is 1. The summed E-state index contributed by atoms with van der Waals surface area (Å²) in [5.41, 5.74) is -0.385. The van der Waals surface area contributed by atoms with Gasteiger partial charge in [-0.05, 0) is 46.0 Å². The van der Waals surface area contributed by atoms with Crippen LogP contribution in [-0.2, 0) is 25.4 Å². The summed E-state index contributed by atoms with van der Waals surface area (Å²) in [7, 11) is 2.88. The Morgan fingerprint density at radius 3 is 2.26 bits per heavy atom. The number of ether oxygens (including phenoxy) is 3. The van der Waals surface area contributed by atoms with Crippen molar-refractivity contribution in [1.29, 1.82) is 0 Å². The van der Waals surface area contributed by atoms with Gasteiger partial charge in [0.25, 0.3) is 0 Å². The number of nitrogens with zero attached hydrogens (tertiary/aromatic N) is 2. The summed E-state index contributed by atoms with van der Waals surface area (Å²) in [6.07, 6.45) is 1.28. The van der Waals surface area contributed by atoms with Crippen LogP contribution in [0, 0.1) is 17.5 Å². The molecule has 1 N–H and O–H groups in total. The van der Waals surface area contributed by atoms with E-state index in [1.165, 1.54) is 18.3 Å². The number of halogens is 3. The fraction of sp³-hybridized carbons (Fsp3) is 0.464. The first-order valence-electron chi connectivity index (χ1n) is 12.5. The van der Waals surface area contributed by atoms with Gasteiger partial charge >= 0.3 is 5.97 Å². The summed E-state index contributed by atoms with van der Waals surface area (Å²) in [5, 5.41) is 3.05. The second-order valence-corrected chi connectivity index (χ2v) is 9.00. The first-order valence-corrected chi connectivity index (χ1v) is 12.5. The zero-order valence-electron chi connectivity index (χ0n) is 23.6. The van der Waals surface area contributed by atoms with E-state index in [1.54, 1.807) is 11.4 Å². The smallest absolute Gasteiger partial charge is 0.338 e. The molecule has 2 heterocycles. The van der Waals surface area contributed by atoms with Crippen molar-refractivity contribution in [2.75, 3.05) is 33.9 Å². The summed E-state index contributed by atoms with van der Waals surface area (Å²) >= 11 is 0. The minimum Gasteiger partial charge on any atom is -0.465 e. The summed E-state index contributed by atoms with van der Waals surface area (Å²) in [6.45, 7) is 12.9. The third-order valence-corrected chi connectivity index (χ3v) is 5.21. The largest absolute Gasteiger partial charge is 0.465 e. The van der Waals surface area contributed by atoms with E-state index >= 15 is 8.78 Å². The number of methoxy groups -OCH3 is 1. The molecule has 216 valence electrons. The summed E-state index contributed by atoms with van der Waals surface area (Å²) in [4.78, 5) is 24.1. The highest BCUT2D eigenvalue weighted by atomic mass is 19.1. The number of hydrogen-bond acceptors (Lipinski definition) is 7. The number of esters is 1. The number of imidazole rings is 1. The van der Waals surface area contributed by atoms with Crippen molar-refractivity contribution in [2.45, 2.75) is 52.7 Å². The molecular weight excluding hydrogens is 515 g/mol. The highest BCUT2D eigenvalue weighted by molar-refractivity contribution is 5.90. The third-order valence-electron chi connectivity index (χ3n) is 5.21. The van der Waals surface area contributed by atoms with Crippen LogP contribution >= 0.6 is 0 Å². The minimum absolute atomic E-state index is 0.00217. The van der Waals surface area contributed by atoms with Crippen LogP contribution in [0.4, 0.5) is 13.2 Å². The minimum atomic E-state index is -0.986. The number of pyridine rings is 1. The number of fused-ring (bicyclic) bond motifs is 1. The lowest BCUT2D eigenvalue weighted by Gasteiger charge is -2.22. The Bertz CT molecular complexity index is 1190. The Kier molecular flexibility index (Phi) is 13.8. The van der Waals surface area contributed by atoms with E-state index in [-0.39, 0.29) is 28.9 Å². The molecule has 2 aromatic heterocycles. The number of likely N-dealkylation sites (N-methyl/N-ethyl adjacent to an activating group) is 1. The number of benzene rings is 1. The summed E-state index contributed by atoms with van der Waals surface area (Å²) in [5.74, 6) is -3.38. The molecule has 0 aliphatic heterocycles. The Balaban J connectivity index is 0.00000181.